The van der Waals surface area contributed by atoms with Gasteiger partial charge in [0.1, 0.15) is 0 Å². The Hall–Kier alpha value is -0.900. The lowest BCUT2D eigenvalue weighted by molar-refractivity contribution is 0.0653. The summed E-state index contributed by atoms with van der Waals surface area (Å²) in [5.41, 5.74) is 2.92. The second-order valence-corrected chi connectivity index (χ2v) is 5.44. The minimum absolute atomic E-state index is 0.351. The lowest BCUT2D eigenvalue weighted by Gasteiger charge is -2.38. The maximum atomic E-state index is 5.70. The van der Waals surface area contributed by atoms with Crippen molar-refractivity contribution in [3.8, 4) is 0 Å². The van der Waals surface area contributed by atoms with E-state index < -0.39 is 0 Å². The molecule has 1 N–H and O–H groups in total. The van der Waals surface area contributed by atoms with Gasteiger partial charge in [0.2, 0.25) is 0 Å². The molecular weight excluding hydrogens is 224 g/mol. The first-order valence-electron chi connectivity index (χ1n) is 6.89. The SMILES string of the molecule is CC1OCCC1N(C)C1CNCc2ccccc21. The van der Waals surface area contributed by atoms with Gasteiger partial charge in [0.15, 0.2) is 0 Å². The third-order valence-corrected chi connectivity index (χ3v) is 4.42. The number of nitrogens with zero attached hydrogens (tertiary/aromatic N) is 1. The molecule has 3 unspecified atom stereocenters. The van der Waals surface area contributed by atoms with E-state index in [0.29, 0.717) is 18.2 Å². The van der Waals surface area contributed by atoms with Gasteiger partial charge in [-0.25, -0.2) is 0 Å². The Morgan fingerprint density at radius 3 is 2.94 bits per heavy atom. The van der Waals surface area contributed by atoms with Crippen LogP contribution in [0.3, 0.4) is 0 Å². The summed E-state index contributed by atoms with van der Waals surface area (Å²) in [5, 5.41) is 3.53. The minimum Gasteiger partial charge on any atom is -0.377 e. The first-order chi connectivity index (χ1) is 8.77. The summed E-state index contributed by atoms with van der Waals surface area (Å²) in [6, 6.07) is 9.81. The maximum Gasteiger partial charge on any atom is 0.0703 e. The van der Waals surface area contributed by atoms with Crippen molar-refractivity contribution in [2.24, 2.45) is 0 Å². The summed E-state index contributed by atoms with van der Waals surface area (Å²) in [5.74, 6) is 0. The molecular formula is C15H22N2O. The molecule has 18 heavy (non-hydrogen) atoms. The molecule has 2 heterocycles. The first-order valence-corrected chi connectivity index (χ1v) is 6.89. The molecule has 0 bridgehead atoms. The molecule has 3 rings (SSSR count). The van der Waals surface area contributed by atoms with Crippen LogP contribution in [0.2, 0.25) is 0 Å². The number of hydrogen-bond acceptors (Lipinski definition) is 3. The lowest BCUT2D eigenvalue weighted by atomic mass is 9.94. The predicted octanol–water partition coefficient (Wildman–Crippen LogP) is 1.94. The van der Waals surface area contributed by atoms with Crippen molar-refractivity contribution in [3.05, 3.63) is 35.4 Å². The fourth-order valence-corrected chi connectivity index (χ4v) is 3.32. The van der Waals surface area contributed by atoms with Crippen molar-refractivity contribution in [1.82, 2.24) is 10.2 Å². The highest BCUT2D eigenvalue weighted by Crippen LogP contribution is 2.31. The first kappa shape index (κ1) is 12.2. The smallest absolute Gasteiger partial charge is 0.0703 e. The van der Waals surface area contributed by atoms with Crippen LogP contribution in [0.15, 0.2) is 24.3 Å². The van der Waals surface area contributed by atoms with Gasteiger partial charge in [-0.2, -0.15) is 0 Å². The Balaban J connectivity index is 1.84. The van der Waals surface area contributed by atoms with Crippen molar-refractivity contribution in [3.63, 3.8) is 0 Å². The topological polar surface area (TPSA) is 24.5 Å². The standard InChI is InChI=1S/C15H22N2O/c1-11-14(7-8-18-11)17(2)15-10-16-9-12-5-3-4-6-13(12)15/h3-6,11,14-16H,7-10H2,1-2H3. The summed E-state index contributed by atoms with van der Waals surface area (Å²) in [4.78, 5) is 2.50. The summed E-state index contributed by atoms with van der Waals surface area (Å²) in [7, 11) is 2.24. The normalized spacial score (nSPS) is 31.6. The second kappa shape index (κ2) is 5.00. The average Bonchev–Trinajstić information content (AvgIpc) is 2.83. The quantitative estimate of drug-likeness (QED) is 0.863. The van der Waals surface area contributed by atoms with Crippen LogP contribution in [0.25, 0.3) is 0 Å². The predicted molar refractivity (Wildman–Crippen MR) is 72.5 cm³/mol. The summed E-state index contributed by atoms with van der Waals surface area (Å²) >= 11 is 0. The molecule has 0 saturated carbocycles. The van der Waals surface area contributed by atoms with Crippen molar-refractivity contribution >= 4 is 0 Å². The Kier molecular flexibility index (Phi) is 3.37. The summed E-state index contributed by atoms with van der Waals surface area (Å²) in [6.45, 7) is 5.13. The molecule has 1 saturated heterocycles. The van der Waals surface area contributed by atoms with E-state index in [2.05, 4.69) is 48.5 Å². The van der Waals surface area contributed by atoms with Crippen molar-refractivity contribution in [2.75, 3.05) is 20.2 Å². The Morgan fingerprint density at radius 1 is 1.33 bits per heavy atom. The van der Waals surface area contributed by atoms with E-state index in [-0.39, 0.29) is 0 Å². The van der Waals surface area contributed by atoms with Crippen LogP contribution in [0.1, 0.15) is 30.5 Å². The second-order valence-electron chi connectivity index (χ2n) is 5.44. The van der Waals surface area contributed by atoms with Gasteiger partial charge < -0.3 is 10.1 Å². The fraction of sp³-hybridized carbons (Fsp3) is 0.600. The number of nitrogens with one attached hydrogen (secondary N) is 1. The third-order valence-electron chi connectivity index (χ3n) is 4.42. The van der Waals surface area contributed by atoms with Crippen LogP contribution in [0, 0.1) is 0 Å². The Labute approximate surface area is 109 Å². The van der Waals surface area contributed by atoms with Gasteiger partial charge >= 0.3 is 0 Å². The molecule has 0 aliphatic carbocycles. The average molecular weight is 246 g/mol. The molecule has 2 aliphatic heterocycles. The highest BCUT2D eigenvalue weighted by atomic mass is 16.5. The van der Waals surface area contributed by atoms with Gasteiger partial charge in [0.05, 0.1) is 6.10 Å². The zero-order valence-corrected chi connectivity index (χ0v) is 11.2. The van der Waals surface area contributed by atoms with E-state index >= 15 is 0 Å². The van der Waals surface area contributed by atoms with Crippen LogP contribution < -0.4 is 5.32 Å². The number of fused-ring (bicyclic) bond motifs is 1. The van der Waals surface area contributed by atoms with Crippen LogP contribution in [-0.4, -0.2) is 37.2 Å². The van der Waals surface area contributed by atoms with Crippen molar-refractivity contribution in [2.45, 2.75) is 38.1 Å². The van der Waals surface area contributed by atoms with Gasteiger partial charge in [-0.15, -0.1) is 0 Å². The molecule has 0 amide bonds. The number of likely N-dealkylation sites (N-methyl/N-ethyl adjacent to an activating group) is 1. The molecule has 2 aliphatic rings. The molecule has 0 aromatic heterocycles. The number of benzene rings is 1. The summed E-state index contributed by atoms with van der Waals surface area (Å²) in [6.07, 6.45) is 1.50. The highest BCUT2D eigenvalue weighted by molar-refractivity contribution is 5.32. The highest BCUT2D eigenvalue weighted by Gasteiger charge is 2.33. The van der Waals surface area contributed by atoms with E-state index in [1.165, 1.54) is 11.1 Å². The molecule has 3 atom stereocenters. The van der Waals surface area contributed by atoms with E-state index in [1.807, 2.05) is 0 Å². The van der Waals surface area contributed by atoms with Crippen LogP contribution in [0.5, 0.6) is 0 Å². The molecule has 3 nitrogen and oxygen atoms in total. The molecule has 0 radical (unpaired) electrons. The van der Waals surface area contributed by atoms with Crippen LogP contribution in [-0.2, 0) is 11.3 Å². The number of rotatable bonds is 2. The van der Waals surface area contributed by atoms with Crippen LogP contribution >= 0.6 is 0 Å². The van der Waals surface area contributed by atoms with Gasteiger partial charge in [-0.1, -0.05) is 24.3 Å². The van der Waals surface area contributed by atoms with Gasteiger partial charge in [-0.3, -0.25) is 4.90 Å². The van der Waals surface area contributed by atoms with Gasteiger partial charge in [0, 0.05) is 31.8 Å². The number of ether oxygens (including phenoxy) is 1. The fourth-order valence-electron chi connectivity index (χ4n) is 3.32. The molecule has 0 spiro atoms. The van der Waals surface area contributed by atoms with Crippen LogP contribution in [0.4, 0.5) is 0 Å². The van der Waals surface area contributed by atoms with Crippen molar-refractivity contribution < 1.29 is 4.74 Å². The van der Waals surface area contributed by atoms with Crippen molar-refractivity contribution in [1.29, 1.82) is 0 Å². The Morgan fingerprint density at radius 2 is 2.17 bits per heavy atom. The lowest BCUT2D eigenvalue weighted by Crippen LogP contribution is -2.45. The van der Waals surface area contributed by atoms with E-state index in [0.717, 1.165) is 26.1 Å². The van der Waals surface area contributed by atoms with E-state index in [1.54, 1.807) is 0 Å². The van der Waals surface area contributed by atoms with E-state index in [9.17, 15) is 0 Å². The molecule has 1 aromatic carbocycles. The maximum absolute atomic E-state index is 5.70. The number of hydrogen-bond donors (Lipinski definition) is 1. The third kappa shape index (κ3) is 2.07. The van der Waals surface area contributed by atoms with E-state index in [4.69, 9.17) is 4.74 Å². The molecule has 3 heteroatoms. The monoisotopic (exact) mass is 246 g/mol. The molecule has 1 aromatic rings. The molecule has 98 valence electrons. The van der Waals surface area contributed by atoms with Gasteiger partial charge in [0.25, 0.3) is 0 Å². The largest absolute Gasteiger partial charge is 0.377 e. The van der Waals surface area contributed by atoms with Gasteiger partial charge in [-0.05, 0) is 31.5 Å². The zero-order chi connectivity index (χ0) is 12.5. The Bertz CT molecular complexity index is 421. The summed E-state index contributed by atoms with van der Waals surface area (Å²) < 4.78 is 5.70. The zero-order valence-electron chi connectivity index (χ0n) is 11.2. The molecule has 1 fully saturated rings. The minimum atomic E-state index is 0.351.